The summed E-state index contributed by atoms with van der Waals surface area (Å²) in [6, 6.07) is 11.4. The van der Waals surface area contributed by atoms with Crippen LogP contribution in [0.15, 0.2) is 61.2 Å². The average Bonchev–Trinajstić information content (AvgIpc) is 3.04. The number of nitrogens with one attached hydrogen (secondary N) is 1. The normalized spacial score (nSPS) is 10.4. The number of carbonyl (C=O) groups is 1. The van der Waals surface area contributed by atoms with E-state index in [9.17, 15) is 9.18 Å². The summed E-state index contributed by atoms with van der Waals surface area (Å²) < 4.78 is 14.6. The number of pyridine rings is 1. The maximum absolute atomic E-state index is 13.0. The molecule has 3 aromatic rings. The SMILES string of the molecule is O=C(NCc1ccccn1)c1cncn1-c1ccc(F)cc1. The van der Waals surface area contributed by atoms with Gasteiger partial charge in [-0.1, -0.05) is 6.07 Å². The highest BCUT2D eigenvalue weighted by atomic mass is 19.1. The third-order valence-electron chi connectivity index (χ3n) is 3.13. The summed E-state index contributed by atoms with van der Waals surface area (Å²) in [5.74, 6) is -0.600. The summed E-state index contributed by atoms with van der Waals surface area (Å²) in [7, 11) is 0. The second-order valence-electron chi connectivity index (χ2n) is 4.63. The average molecular weight is 296 g/mol. The van der Waals surface area contributed by atoms with Crippen molar-refractivity contribution in [2.24, 2.45) is 0 Å². The number of benzene rings is 1. The molecule has 0 spiro atoms. The van der Waals surface area contributed by atoms with E-state index in [1.54, 1.807) is 22.9 Å². The van der Waals surface area contributed by atoms with Gasteiger partial charge in [-0.2, -0.15) is 0 Å². The zero-order valence-electron chi connectivity index (χ0n) is 11.6. The molecule has 2 heterocycles. The molecule has 3 rings (SSSR count). The van der Waals surface area contributed by atoms with Gasteiger partial charge in [0.1, 0.15) is 11.5 Å². The van der Waals surface area contributed by atoms with Crippen molar-refractivity contribution in [3.8, 4) is 5.69 Å². The molecule has 0 fully saturated rings. The van der Waals surface area contributed by atoms with Crippen molar-refractivity contribution in [3.05, 3.63) is 78.4 Å². The van der Waals surface area contributed by atoms with E-state index in [1.807, 2.05) is 18.2 Å². The molecular formula is C16H13FN4O. The summed E-state index contributed by atoms with van der Waals surface area (Å²) >= 11 is 0. The lowest BCUT2D eigenvalue weighted by molar-refractivity contribution is 0.0943. The molecule has 0 unspecified atom stereocenters. The Morgan fingerprint density at radius 1 is 1.18 bits per heavy atom. The zero-order valence-corrected chi connectivity index (χ0v) is 11.6. The number of carbonyl (C=O) groups excluding carboxylic acids is 1. The van der Waals surface area contributed by atoms with Crippen molar-refractivity contribution in [2.45, 2.75) is 6.54 Å². The number of hydrogen-bond acceptors (Lipinski definition) is 3. The van der Waals surface area contributed by atoms with Gasteiger partial charge in [-0.15, -0.1) is 0 Å². The largest absolute Gasteiger partial charge is 0.345 e. The number of amides is 1. The number of imidazole rings is 1. The monoisotopic (exact) mass is 296 g/mol. The van der Waals surface area contributed by atoms with Crippen molar-refractivity contribution < 1.29 is 9.18 Å². The lowest BCUT2D eigenvalue weighted by atomic mass is 10.3. The Labute approximate surface area is 126 Å². The molecule has 0 aliphatic heterocycles. The quantitative estimate of drug-likeness (QED) is 0.804. The molecule has 0 aliphatic rings. The highest BCUT2D eigenvalue weighted by Gasteiger charge is 2.13. The minimum absolute atomic E-state index is 0.271. The molecule has 6 heteroatoms. The van der Waals surface area contributed by atoms with E-state index in [2.05, 4.69) is 15.3 Å². The Kier molecular flexibility index (Phi) is 3.91. The zero-order chi connectivity index (χ0) is 15.4. The highest BCUT2D eigenvalue weighted by Crippen LogP contribution is 2.12. The first-order valence-electron chi connectivity index (χ1n) is 6.70. The van der Waals surface area contributed by atoms with E-state index in [0.717, 1.165) is 5.69 Å². The standard InChI is InChI=1S/C16H13FN4O/c17-12-4-6-14(7-5-12)21-11-18-10-15(21)16(22)20-9-13-3-1-2-8-19-13/h1-8,10-11H,9H2,(H,20,22). The Morgan fingerprint density at radius 2 is 2.00 bits per heavy atom. The molecule has 0 saturated heterocycles. The summed E-state index contributed by atoms with van der Waals surface area (Å²) in [5, 5.41) is 2.79. The van der Waals surface area contributed by atoms with Crippen molar-refractivity contribution in [1.29, 1.82) is 0 Å². The van der Waals surface area contributed by atoms with Crippen LogP contribution in [0.25, 0.3) is 5.69 Å². The third-order valence-corrected chi connectivity index (χ3v) is 3.13. The Hall–Kier alpha value is -3.02. The van der Waals surface area contributed by atoms with Crippen molar-refractivity contribution >= 4 is 5.91 Å². The van der Waals surface area contributed by atoms with Crippen molar-refractivity contribution in [3.63, 3.8) is 0 Å². The predicted octanol–water partition coefficient (Wildman–Crippen LogP) is 2.34. The van der Waals surface area contributed by atoms with Crippen molar-refractivity contribution in [2.75, 3.05) is 0 Å². The van der Waals surface area contributed by atoms with Crippen LogP contribution in [0.3, 0.4) is 0 Å². The van der Waals surface area contributed by atoms with E-state index < -0.39 is 0 Å². The first-order chi connectivity index (χ1) is 10.7. The smallest absolute Gasteiger partial charge is 0.270 e. The Morgan fingerprint density at radius 3 is 2.73 bits per heavy atom. The molecule has 5 nitrogen and oxygen atoms in total. The van der Waals surface area contributed by atoms with Crippen LogP contribution in [0.4, 0.5) is 4.39 Å². The molecule has 110 valence electrons. The van der Waals surface area contributed by atoms with Crippen molar-refractivity contribution in [1.82, 2.24) is 19.9 Å². The molecule has 0 radical (unpaired) electrons. The van der Waals surface area contributed by atoms with E-state index in [-0.39, 0.29) is 11.7 Å². The molecule has 0 aliphatic carbocycles. The van der Waals surface area contributed by atoms with Gasteiger partial charge in [0, 0.05) is 11.9 Å². The highest BCUT2D eigenvalue weighted by molar-refractivity contribution is 5.92. The maximum Gasteiger partial charge on any atom is 0.270 e. The topological polar surface area (TPSA) is 59.8 Å². The molecular weight excluding hydrogens is 283 g/mol. The van der Waals surface area contributed by atoms with Crippen LogP contribution < -0.4 is 5.32 Å². The van der Waals surface area contributed by atoms with Gasteiger partial charge in [-0.3, -0.25) is 14.3 Å². The van der Waals surface area contributed by atoms with E-state index >= 15 is 0 Å². The molecule has 1 N–H and O–H groups in total. The van der Waals surface area contributed by atoms with Gasteiger partial charge in [0.05, 0.1) is 24.8 Å². The minimum atomic E-state index is -0.329. The van der Waals surface area contributed by atoms with E-state index in [4.69, 9.17) is 0 Å². The second kappa shape index (κ2) is 6.17. The summed E-state index contributed by atoms with van der Waals surface area (Å²) in [6.07, 6.45) is 4.66. The molecule has 0 saturated carbocycles. The van der Waals surface area contributed by atoms with Gasteiger partial charge in [-0.25, -0.2) is 9.37 Å². The fourth-order valence-corrected chi connectivity index (χ4v) is 2.03. The summed E-state index contributed by atoms with van der Waals surface area (Å²) in [4.78, 5) is 20.4. The molecule has 2 aromatic heterocycles. The summed E-state index contributed by atoms with van der Waals surface area (Å²) in [5.41, 5.74) is 1.81. The number of aromatic nitrogens is 3. The van der Waals surface area contributed by atoms with Gasteiger partial charge in [0.2, 0.25) is 0 Å². The number of hydrogen-bond donors (Lipinski definition) is 1. The van der Waals surface area contributed by atoms with E-state index in [0.29, 0.717) is 17.9 Å². The third kappa shape index (κ3) is 3.01. The Bertz CT molecular complexity index is 768. The number of nitrogens with zero attached hydrogens (tertiary/aromatic N) is 3. The van der Waals surface area contributed by atoms with Gasteiger partial charge < -0.3 is 5.32 Å². The van der Waals surface area contributed by atoms with Gasteiger partial charge in [0.15, 0.2) is 0 Å². The fourth-order valence-electron chi connectivity index (χ4n) is 2.03. The molecule has 1 amide bonds. The number of halogens is 1. The molecule has 0 bridgehead atoms. The van der Waals surface area contributed by atoms with Gasteiger partial charge >= 0.3 is 0 Å². The van der Waals surface area contributed by atoms with Crippen LogP contribution in [-0.2, 0) is 6.54 Å². The maximum atomic E-state index is 13.0. The lowest BCUT2D eigenvalue weighted by Gasteiger charge is -2.08. The van der Waals surface area contributed by atoms with Crippen LogP contribution in [0, 0.1) is 5.82 Å². The van der Waals surface area contributed by atoms with Crippen LogP contribution in [0.1, 0.15) is 16.2 Å². The first kappa shape index (κ1) is 13.9. The predicted molar refractivity (Wildman–Crippen MR) is 78.9 cm³/mol. The lowest BCUT2D eigenvalue weighted by Crippen LogP contribution is -2.25. The molecule has 0 atom stereocenters. The van der Waals surface area contributed by atoms with Crippen LogP contribution in [-0.4, -0.2) is 20.4 Å². The second-order valence-corrected chi connectivity index (χ2v) is 4.63. The number of rotatable bonds is 4. The molecule has 22 heavy (non-hydrogen) atoms. The molecule has 1 aromatic carbocycles. The van der Waals surface area contributed by atoms with Crippen LogP contribution in [0.5, 0.6) is 0 Å². The van der Waals surface area contributed by atoms with Crippen LogP contribution >= 0.6 is 0 Å². The van der Waals surface area contributed by atoms with E-state index in [1.165, 1.54) is 24.7 Å². The first-order valence-corrected chi connectivity index (χ1v) is 6.70. The van der Waals surface area contributed by atoms with Gasteiger partial charge in [0.25, 0.3) is 5.91 Å². The van der Waals surface area contributed by atoms with Crippen LogP contribution in [0.2, 0.25) is 0 Å². The Balaban J connectivity index is 1.76. The minimum Gasteiger partial charge on any atom is -0.345 e. The fraction of sp³-hybridized carbons (Fsp3) is 0.0625. The van der Waals surface area contributed by atoms with Gasteiger partial charge in [-0.05, 0) is 36.4 Å². The summed E-state index contributed by atoms with van der Waals surface area (Å²) in [6.45, 7) is 0.328.